The summed E-state index contributed by atoms with van der Waals surface area (Å²) in [5.41, 5.74) is 10.6. The van der Waals surface area contributed by atoms with Crippen LogP contribution in [-0.4, -0.2) is 9.97 Å². The van der Waals surface area contributed by atoms with Crippen LogP contribution in [0.2, 0.25) is 0 Å². The molecule has 0 unspecified atom stereocenters. The van der Waals surface area contributed by atoms with E-state index >= 15 is 0 Å². The molecule has 0 amide bonds. The molecule has 3 heterocycles. The first-order chi connectivity index (χ1) is 17.9. The number of pyridine rings is 2. The molecular weight excluding hydrogens is 645 g/mol. The van der Waals surface area contributed by atoms with Gasteiger partial charge < -0.3 is 14.4 Å². The molecule has 6 rings (SSSR count). The van der Waals surface area contributed by atoms with Gasteiger partial charge >= 0.3 is 0 Å². The van der Waals surface area contributed by atoms with E-state index in [0.29, 0.717) is 5.92 Å². The average molecular weight is 675 g/mol. The quantitative estimate of drug-likeness (QED) is 0.176. The number of hydrogen-bond acceptors (Lipinski definition) is 3. The Morgan fingerprint density at radius 3 is 2.34 bits per heavy atom. The zero-order valence-electron chi connectivity index (χ0n) is 22.3. The second-order valence-corrected chi connectivity index (χ2v) is 9.71. The van der Waals surface area contributed by atoms with Gasteiger partial charge in [-0.3, -0.25) is 0 Å². The molecule has 3 aromatic heterocycles. The van der Waals surface area contributed by atoms with E-state index in [2.05, 4.69) is 86.2 Å². The third-order valence-corrected chi connectivity index (χ3v) is 6.74. The second kappa shape index (κ2) is 11.9. The molecule has 0 saturated carbocycles. The summed E-state index contributed by atoms with van der Waals surface area (Å²) in [6.07, 6.45) is 3.73. The molecule has 0 N–H and O–H groups in total. The van der Waals surface area contributed by atoms with Crippen LogP contribution in [0.1, 0.15) is 42.0 Å². The van der Waals surface area contributed by atoms with Crippen molar-refractivity contribution in [1.29, 1.82) is 0 Å². The minimum absolute atomic E-state index is 0. The van der Waals surface area contributed by atoms with Crippen LogP contribution in [-0.2, 0) is 20.1 Å². The second-order valence-electron chi connectivity index (χ2n) is 9.71. The monoisotopic (exact) mass is 675 g/mol. The van der Waals surface area contributed by atoms with Crippen molar-refractivity contribution in [2.45, 2.75) is 40.5 Å². The molecule has 0 bridgehead atoms. The number of hydrogen-bond donors (Lipinski definition) is 0. The van der Waals surface area contributed by atoms with Crippen molar-refractivity contribution < 1.29 is 24.5 Å². The summed E-state index contributed by atoms with van der Waals surface area (Å²) in [6, 6.07) is 31.1. The smallest absolute Gasteiger partial charge is 0.120 e. The molecular formula is C34H30IrN2O-2. The molecule has 0 spiro atoms. The fourth-order valence-corrected chi connectivity index (χ4v) is 4.33. The molecule has 3 nitrogen and oxygen atoms in total. The molecule has 0 fully saturated rings. The minimum Gasteiger partial charge on any atom is -0.501 e. The van der Waals surface area contributed by atoms with E-state index in [0.717, 1.165) is 44.5 Å². The maximum absolute atomic E-state index is 6.06. The average Bonchev–Trinajstić information content (AvgIpc) is 3.30. The number of nitrogens with zero attached hydrogens (tertiary/aromatic N) is 2. The number of aryl methyl sites for hydroxylation is 2. The van der Waals surface area contributed by atoms with E-state index in [9.17, 15) is 0 Å². The summed E-state index contributed by atoms with van der Waals surface area (Å²) in [5, 5.41) is 2.25. The van der Waals surface area contributed by atoms with E-state index in [1.165, 1.54) is 22.3 Å². The van der Waals surface area contributed by atoms with Gasteiger partial charge in [-0.1, -0.05) is 72.2 Å². The van der Waals surface area contributed by atoms with Crippen molar-refractivity contribution in [1.82, 2.24) is 9.97 Å². The van der Waals surface area contributed by atoms with Gasteiger partial charge in [-0.2, -0.15) is 0 Å². The zero-order valence-corrected chi connectivity index (χ0v) is 24.7. The summed E-state index contributed by atoms with van der Waals surface area (Å²) < 4.78 is 6.06. The van der Waals surface area contributed by atoms with Crippen LogP contribution in [0.4, 0.5) is 0 Å². The zero-order chi connectivity index (χ0) is 25.9. The molecule has 0 aliphatic carbocycles. The molecule has 0 atom stereocenters. The van der Waals surface area contributed by atoms with Gasteiger partial charge in [0.25, 0.3) is 0 Å². The molecule has 0 saturated heterocycles. The van der Waals surface area contributed by atoms with Gasteiger partial charge in [0, 0.05) is 37.9 Å². The maximum Gasteiger partial charge on any atom is 0.120 e. The molecule has 193 valence electrons. The van der Waals surface area contributed by atoms with Crippen LogP contribution in [0.5, 0.6) is 0 Å². The van der Waals surface area contributed by atoms with Crippen molar-refractivity contribution in [3.63, 3.8) is 0 Å². The van der Waals surface area contributed by atoms with E-state index in [1.54, 1.807) is 0 Å². The molecule has 6 aromatic rings. The SMILES string of the molecule is Cc1ccc(-c2[c-]cc(C(C)C)cc2)nc1.Cc1ccnc(-c2[c-]ccc3c2oc2ccccc23)c1C.[Ir]. The Morgan fingerprint density at radius 1 is 0.816 bits per heavy atom. The third-order valence-electron chi connectivity index (χ3n) is 6.74. The number of fused-ring (bicyclic) bond motifs is 3. The Kier molecular flexibility index (Phi) is 8.56. The number of furan rings is 1. The van der Waals surface area contributed by atoms with Gasteiger partial charge in [-0.25, -0.2) is 0 Å². The van der Waals surface area contributed by atoms with Crippen molar-refractivity contribution >= 4 is 21.9 Å². The number of para-hydroxylation sites is 1. The summed E-state index contributed by atoms with van der Waals surface area (Å²) in [5.74, 6) is 0.552. The Balaban J connectivity index is 0.000000179. The number of benzene rings is 3. The van der Waals surface area contributed by atoms with Crippen molar-refractivity contribution in [3.05, 3.63) is 120 Å². The van der Waals surface area contributed by atoms with Crippen LogP contribution in [0.3, 0.4) is 0 Å². The van der Waals surface area contributed by atoms with E-state index in [-0.39, 0.29) is 20.1 Å². The molecule has 4 heteroatoms. The van der Waals surface area contributed by atoms with Gasteiger partial charge in [-0.05, 0) is 49.9 Å². The maximum atomic E-state index is 6.06. The molecule has 1 radical (unpaired) electrons. The molecule has 38 heavy (non-hydrogen) atoms. The summed E-state index contributed by atoms with van der Waals surface area (Å²) in [6.45, 7) is 10.6. The third kappa shape index (κ3) is 5.62. The van der Waals surface area contributed by atoms with Crippen molar-refractivity contribution in [2.75, 3.05) is 0 Å². The van der Waals surface area contributed by atoms with Gasteiger partial charge in [0.1, 0.15) is 5.58 Å². The number of aromatic nitrogens is 2. The summed E-state index contributed by atoms with van der Waals surface area (Å²) >= 11 is 0. The van der Waals surface area contributed by atoms with Crippen molar-refractivity contribution in [2.24, 2.45) is 0 Å². The first-order valence-electron chi connectivity index (χ1n) is 12.6. The van der Waals surface area contributed by atoms with Crippen LogP contribution < -0.4 is 0 Å². The minimum atomic E-state index is 0. The first-order valence-corrected chi connectivity index (χ1v) is 12.6. The van der Waals surface area contributed by atoms with Crippen LogP contribution in [0.25, 0.3) is 44.5 Å². The van der Waals surface area contributed by atoms with E-state index in [4.69, 9.17) is 4.42 Å². The van der Waals surface area contributed by atoms with Crippen LogP contribution in [0.15, 0.2) is 89.6 Å². The molecule has 0 aliphatic rings. The number of rotatable bonds is 3. The Labute approximate surface area is 238 Å². The van der Waals surface area contributed by atoms with E-state index < -0.39 is 0 Å². The fraction of sp³-hybridized carbons (Fsp3) is 0.176. The largest absolute Gasteiger partial charge is 0.501 e. The standard InChI is InChI=1S/C19H14NO.C15H16N.Ir/c1-12-10-11-20-18(13(12)2)16-8-5-7-15-14-6-3-4-9-17(14)21-19(15)16;1-11(2)13-5-7-14(8-6-13)15-9-4-12(3)10-16-15;/h3-7,9-11H,1-2H3;4-7,9-11H,1-3H3;/q2*-1;. The van der Waals surface area contributed by atoms with Crippen LogP contribution >= 0.6 is 0 Å². The van der Waals surface area contributed by atoms with Crippen molar-refractivity contribution in [3.8, 4) is 22.5 Å². The predicted octanol–water partition coefficient (Wildman–Crippen LogP) is 9.04. The van der Waals surface area contributed by atoms with Gasteiger partial charge in [0.05, 0.1) is 5.58 Å². The van der Waals surface area contributed by atoms with Crippen LogP contribution in [0, 0.1) is 32.9 Å². The predicted molar refractivity (Wildman–Crippen MR) is 153 cm³/mol. The Bertz CT molecular complexity index is 1670. The van der Waals surface area contributed by atoms with Gasteiger partial charge in [0.15, 0.2) is 0 Å². The fourth-order valence-electron chi connectivity index (χ4n) is 4.33. The van der Waals surface area contributed by atoms with Gasteiger partial charge in [-0.15, -0.1) is 53.6 Å². The summed E-state index contributed by atoms with van der Waals surface area (Å²) in [7, 11) is 0. The Morgan fingerprint density at radius 2 is 1.63 bits per heavy atom. The van der Waals surface area contributed by atoms with E-state index in [1.807, 2.05) is 55.7 Å². The Hall–Kier alpha value is -3.59. The normalized spacial score (nSPS) is 10.8. The summed E-state index contributed by atoms with van der Waals surface area (Å²) in [4.78, 5) is 8.93. The molecule has 3 aromatic carbocycles. The molecule has 0 aliphatic heterocycles. The topological polar surface area (TPSA) is 38.9 Å². The van der Waals surface area contributed by atoms with Gasteiger partial charge in [0.2, 0.25) is 0 Å². The first kappa shape index (κ1) is 27.4.